The molecule has 0 radical (unpaired) electrons. The molecule has 5 nitrogen and oxygen atoms in total. The molecule has 1 aromatic rings. The lowest BCUT2D eigenvalue weighted by molar-refractivity contribution is -0.118. The van der Waals surface area contributed by atoms with E-state index in [-0.39, 0.29) is 6.42 Å². The van der Waals surface area contributed by atoms with Gasteiger partial charge in [0.15, 0.2) is 0 Å². The number of nitrogens with two attached hydrogens (primary N) is 1. The first-order valence-corrected chi connectivity index (χ1v) is 9.25. The second-order valence-corrected chi connectivity index (χ2v) is 6.30. The molecule has 6 heteroatoms. The number of urea groups is 1. The molecule has 0 saturated heterocycles. The van der Waals surface area contributed by atoms with Crippen LogP contribution in [-0.2, 0) is 11.2 Å². The van der Waals surface area contributed by atoms with Crippen molar-refractivity contribution in [2.75, 3.05) is 6.54 Å². The number of primary amides is 1. The van der Waals surface area contributed by atoms with E-state index in [0.717, 1.165) is 31.2 Å². The molecule has 0 aromatic heterocycles. The molecule has 1 rings (SSSR count). The fourth-order valence-corrected chi connectivity index (χ4v) is 2.55. The molecule has 0 aliphatic carbocycles. The molecular weight excluding hydrogens is 333 g/mol. The average Bonchev–Trinajstić information content (AvgIpc) is 2.61. The largest absolute Gasteiger partial charge is 0.370 e. The predicted octanol–water partition coefficient (Wildman–Crippen LogP) is 3.60. The summed E-state index contributed by atoms with van der Waals surface area (Å²) in [5.41, 5.74) is 6.27. The molecule has 0 saturated carbocycles. The van der Waals surface area contributed by atoms with Crippen molar-refractivity contribution in [2.24, 2.45) is 5.73 Å². The number of hydrogen-bond acceptors (Lipinski definition) is 2. The molecule has 144 valence electrons. The number of carbonyl (C=O) groups excluding carboxylic acids is 2. The van der Waals surface area contributed by atoms with E-state index in [1.165, 1.54) is 6.08 Å². The standard InChI is InChI=1S/C20H30FN3O2/c1-2-3-4-8-14-23-20(26)24-18(15-19(22)25)17(21)13-9-12-16-10-6-5-7-11-16/h5-7,10-11,13,18H,2-4,8-9,12,14-15H2,1H3,(H2,22,25)(H2,23,24,26)/b17-13+/t18-/m1/s1. The van der Waals surface area contributed by atoms with Crippen molar-refractivity contribution in [2.45, 2.75) is 57.9 Å². The highest BCUT2D eigenvalue weighted by Crippen LogP contribution is 2.12. The molecule has 0 spiro atoms. The van der Waals surface area contributed by atoms with E-state index in [0.29, 0.717) is 19.4 Å². The summed E-state index contributed by atoms with van der Waals surface area (Å²) in [5, 5.41) is 5.18. The minimum Gasteiger partial charge on any atom is -0.370 e. The number of nitrogens with one attached hydrogen (secondary N) is 2. The Morgan fingerprint density at radius 2 is 1.92 bits per heavy atom. The van der Waals surface area contributed by atoms with Crippen LogP contribution in [-0.4, -0.2) is 24.5 Å². The number of aryl methyl sites for hydroxylation is 1. The Bertz CT molecular complexity index is 576. The molecule has 26 heavy (non-hydrogen) atoms. The van der Waals surface area contributed by atoms with Crippen LogP contribution in [0.4, 0.5) is 9.18 Å². The third-order valence-corrected chi connectivity index (χ3v) is 3.97. The predicted molar refractivity (Wildman–Crippen MR) is 102 cm³/mol. The highest BCUT2D eigenvalue weighted by molar-refractivity contribution is 5.78. The van der Waals surface area contributed by atoms with E-state index >= 15 is 0 Å². The summed E-state index contributed by atoms with van der Waals surface area (Å²) < 4.78 is 14.4. The van der Waals surface area contributed by atoms with Gasteiger partial charge < -0.3 is 16.4 Å². The number of unbranched alkanes of at least 4 members (excludes halogenated alkanes) is 3. The molecule has 4 N–H and O–H groups in total. The second kappa shape index (κ2) is 12.9. The van der Waals surface area contributed by atoms with Crippen LogP contribution in [0.3, 0.4) is 0 Å². The molecule has 0 heterocycles. The van der Waals surface area contributed by atoms with Crippen LogP contribution in [0.1, 0.15) is 51.0 Å². The number of carbonyl (C=O) groups is 2. The quantitative estimate of drug-likeness (QED) is 0.496. The monoisotopic (exact) mass is 363 g/mol. The Morgan fingerprint density at radius 1 is 1.19 bits per heavy atom. The van der Waals surface area contributed by atoms with Gasteiger partial charge in [0, 0.05) is 6.54 Å². The summed E-state index contributed by atoms with van der Waals surface area (Å²) in [6.07, 6.45) is 6.44. The molecule has 0 unspecified atom stereocenters. The Morgan fingerprint density at radius 3 is 2.58 bits per heavy atom. The van der Waals surface area contributed by atoms with Gasteiger partial charge in [0.05, 0.1) is 12.5 Å². The fourth-order valence-electron chi connectivity index (χ4n) is 2.55. The van der Waals surface area contributed by atoms with Crippen LogP contribution in [0.25, 0.3) is 0 Å². The van der Waals surface area contributed by atoms with Gasteiger partial charge in [-0.2, -0.15) is 0 Å². The lowest BCUT2D eigenvalue weighted by Crippen LogP contribution is -2.44. The van der Waals surface area contributed by atoms with Gasteiger partial charge in [0.1, 0.15) is 5.83 Å². The lowest BCUT2D eigenvalue weighted by Gasteiger charge is -2.16. The Labute approximate surface area is 155 Å². The molecular formula is C20H30FN3O2. The van der Waals surface area contributed by atoms with Crippen LogP contribution in [0, 0.1) is 0 Å². The molecule has 0 bridgehead atoms. The van der Waals surface area contributed by atoms with Crippen molar-refractivity contribution in [3.05, 3.63) is 47.8 Å². The highest BCUT2D eigenvalue weighted by Gasteiger charge is 2.19. The summed E-state index contributed by atoms with van der Waals surface area (Å²) in [7, 11) is 0. The van der Waals surface area contributed by atoms with Crippen molar-refractivity contribution in [3.63, 3.8) is 0 Å². The van der Waals surface area contributed by atoms with Crippen LogP contribution < -0.4 is 16.4 Å². The van der Waals surface area contributed by atoms with Gasteiger partial charge in [-0.25, -0.2) is 9.18 Å². The summed E-state index contributed by atoms with van der Waals surface area (Å²) in [6, 6.07) is 8.20. The van der Waals surface area contributed by atoms with E-state index in [1.54, 1.807) is 0 Å². The van der Waals surface area contributed by atoms with Gasteiger partial charge in [-0.1, -0.05) is 62.6 Å². The van der Waals surface area contributed by atoms with E-state index in [9.17, 15) is 14.0 Å². The SMILES string of the molecule is CCCCCCNC(=O)N[C@H](CC(N)=O)/C(F)=C\CCc1ccccc1. The maximum Gasteiger partial charge on any atom is 0.315 e. The minimum atomic E-state index is -1.03. The van der Waals surface area contributed by atoms with Gasteiger partial charge in [-0.3, -0.25) is 4.79 Å². The summed E-state index contributed by atoms with van der Waals surface area (Å²) in [6.45, 7) is 2.63. The molecule has 1 aromatic carbocycles. The van der Waals surface area contributed by atoms with E-state index in [1.807, 2.05) is 30.3 Å². The van der Waals surface area contributed by atoms with E-state index < -0.39 is 23.8 Å². The highest BCUT2D eigenvalue weighted by atomic mass is 19.1. The number of amides is 3. The van der Waals surface area contributed by atoms with E-state index in [2.05, 4.69) is 17.6 Å². The summed E-state index contributed by atoms with van der Waals surface area (Å²) in [5.74, 6) is -1.20. The van der Waals surface area contributed by atoms with Crippen molar-refractivity contribution in [3.8, 4) is 0 Å². The summed E-state index contributed by atoms with van der Waals surface area (Å²) in [4.78, 5) is 23.1. The minimum absolute atomic E-state index is 0.267. The van der Waals surface area contributed by atoms with Gasteiger partial charge in [-0.15, -0.1) is 0 Å². The summed E-state index contributed by atoms with van der Waals surface area (Å²) >= 11 is 0. The zero-order valence-electron chi connectivity index (χ0n) is 15.5. The zero-order valence-corrected chi connectivity index (χ0v) is 15.5. The van der Waals surface area contributed by atoms with Crippen molar-refractivity contribution in [1.82, 2.24) is 10.6 Å². The van der Waals surface area contributed by atoms with Gasteiger partial charge in [-0.05, 0) is 24.8 Å². The maximum absolute atomic E-state index is 14.4. The topological polar surface area (TPSA) is 84.2 Å². The smallest absolute Gasteiger partial charge is 0.315 e. The van der Waals surface area contributed by atoms with Gasteiger partial charge in [0.2, 0.25) is 5.91 Å². The molecule has 0 fully saturated rings. The number of benzene rings is 1. The van der Waals surface area contributed by atoms with Crippen LogP contribution in [0.2, 0.25) is 0 Å². The Kier molecular flexibility index (Phi) is 10.8. The van der Waals surface area contributed by atoms with Gasteiger partial charge >= 0.3 is 6.03 Å². The molecule has 0 aliphatic rings. The Hall–Kier alpha value is -2.37. The first-order valence-electron chi connectivity index (χ1n) is 9.25. The van der Waals surface area contributed by atoms with Crippen molar-refractivity contribution in [1.29, 1.82) is 0 Å². The number of halogens is 1. The van der Waals surface area contributed by atoms with Crippen LogP contribution in [0.5, 0.6) is 0 Å². The van der Waals surface area contributed by atoms with E-state index in [4.69, 9.17) is 5.73 Å². The third kappa shape index (κ3) is 9.81. The number of rotatable bonds is 12. The van der Waals surface area contributed by atoms with Crippen molar-refractivity contribution < 1.29 is 14.0 Å². The average molecular weight is 363 g/mol. The first kappa shape index (κ1) is 21.7. The van der Waals surface area contributed by atoms with Gasteiger partial charge in [0.25, 0.3) is 0 Å². The molecule has 0 aliphatic heterocycles. The molecule has 3 amide bonds. The maximum atomic E-state index is 14.4. The number of allylic oxidation sites excluding steroid dienone is 1. The molecule has 1 atom stereocenters. The number of hydrogen-bond donors (Lipinski definition) is 3. The lowest BCUT2D eigenvalue weighted by atomic mass is 10.1. The van der Waals surface area contributed by atoms with Crippen LogP contribution in [0.15, 0.2) is 42.2 Å². The van der Waals surface area contributed by atoms with Crippen LogP contribution >= 0.6 is 0 Å². The first-order chi connectivity index (χ1) is 12.5. The second-order valence-electron chi connectivity index (χ2n) is 6.30. The fraction of sp³-hybridized carbons (Fsp3) is 0.500. The normalized spacial score (nSPS) is 12.5. The van der Waals surface area contributed by atoms with Crippen molar-refractivity contribution >= 4 is 11.9 Å². The Balaban J connectivity index is 2.48. The third-order valence-electron chi connectivity index (χ3n) is 3.97. The zero-order chi connectivity index (χ0) is 19.2.